The minimum atomic E-state index is -0.0625. The molecule has 0 aliphatic rings. The summed E-state index contributed by atoms with van der Waals surface area (Å²) in [6.45, 7) is 14.1. The van der Waals surface area contributed by atoms with Gasteiger partial charge in [0.05, 0.1) is 0 Å². The molecule has 0 aromatic heterocycles. The molecule has 0 bridgehead atoms. The molecule has 0 aromatic rings. The molecule has 78 valence electrons. The minimum Gasteiger partial charge on any atom is -0.353 e. The standard InChI is InChI=1S/C6H11NO.C4H11N/c1-4-7-6(8)5(2)3;1-3-5-4-2/h2,4H2,1,3H3,(H,7,8);5H,3-4H2,1-2H3. The molecule has 0 unspecified atom stereocenters. The third kappa shape index (κ3) is 14.1. The average Bonchev–Trinajstić information content (AvgIpc) is 2.07. The lowest BCUT2D eigenvalue weighted by atomic mass is 10.3. The van der Waals surface area contributed by atoms with E-state index in [1.165, 1.54) is 0 Å². The van der Waals surface area contributed by atoms with Gasteiger partial charge in [-0.05, 0) is 26.9 Å². The number of rotatable bonds is 4. The Bertz CT molecular complexity index is 142. The van der Waals surface area contributed by atoms with Crippen molar-refractivity contribution in [3.8, 4) is 0 Å². The lowest BCUT2D eigenvalue weighted by Gasteiger charge is -1.97. The molecule has 0 atom stereocenters. The monoisotopic (exact) mass is 186 g/mol. The Morgan fingerprint density at radius 1 is 1.15 bits per heavy atom. The molecular formula is C10H22N2O. The number of likely N-dealkylation sites (N-methyl/N-ethyl adjacent to an activating group) is 1. The second-order valence-corrected chi connectivity index (χ2v) is 2.60. The molecule has 0 radical (unpaired) electrons. The van der Waals surface area contributed by atoms with Crippen LogP contribution in [-0.2, 0) is 4.79 Å². The van der Waals surface area contributed by atoms with Crippen molar-refractivity contribution in [2.24, 2.45) is 0 Å². The van der Waals surface area contributed by atoms with E-state index in [-0.39, 0.29) is 5.91 Å². The summed E-state index contributed by atoms with van der Waals surface area (Å²) in [5, 5.41) is 5.72. The highest BCUT2D eigenvalue weighted by Crippen LogP contribution is 1.82. The quantitative estimate of drug-likeness (QED) is 0.650. The first-order valence-corrected chi connectivity index (χ1v) is 4.74. The zero-order chi connectivity index (χ0) is 10.7. The van der Waals surface area contributed by atoms with E-state index in [0.717, 1.165) is 13.1 Å². The van der Waals surface area contributed by atoms with Crippen LogP contribution in [0.15, 0.2) is 12.2 Å². The average molecular weight is 186 g/mol. The Morgan fingerprint density at radius 2 is 1.62 bits per heavy atom. The van der Waals surface area contributed by atoms with Gasteiger partial charge in [0.2, 0.25) is 5.91 Å². The number of carbonyl (C=O) groups excluding carboxylic acids is 1. The summed E-state index contributed by atoms with van der Waals surface area (Å²) in [6, 6.07) is 0. The molecule has 0 fully saturated rings. The summed E-state index contributed by atoms with van der Waals surface area (Å²) < 4.78 is 0. The Kier molecular flexibility index (Phi) is 12.6. The molecule has 0 saturated heterocycles. The van der Waals surface area contributed by atoms with Crippen LogP contribution in [0, 0.1) is 0 Å². The molecule has 0 aliphatic heterocycles. The maximum Gasteiger partial charge on any atom is 0.246 e. The second-order valence-electron chi connectivity index (χ2n) is 2.60. The fraction of sp³-hybridized carbons (Fsp3) is 0.700. The van der Waals surface area contributed by atoms with Crippen molar-refractivity contribution in [1.82, 2.24) is 10.6 Å². The molecule has 0 aliphatic carbocycles. The fourth-order valence-corrected chi connectivity index (χ4v) is 0.561. The van der Waals surface area contributed by atoms with Crippen molar-refractivity contribution in [3.63, 3.8) is 0 Å². The molecule has 2 N–H and O–H groups in total. The van der Waals surface area contributed by atoms with E-state index in [1.807, 2.05) is 6.92 Å². The first-order chi connectivity index (χ1) is 6.09. The third-order valence-electron chi connectivity index (χ3n) is 1.22. The second kappa shape index (κ2) is 11.2. The SMILES string of the molecule is C=C(C)C(=O)NCC.CCNCC. The molecule has 3 nitrogen and oxygen atoms in total. The molecule has 0 rings (SSSR count). The maximum atomic E-state index is 10.5. The van der Waals surface area contributed by atoms with E-state index in [9.17, 15) is 4.79 Å². The molecule has 0 heterocycles. The molecule has 0 spiro atoms. The van der Waals surface area contributed by atoms with E-state index in [0.29, 0.717) is 12.1 Å². The van der Waals surface area contributed by atoms with Gasteiger partial charge in [0.1, 0.15) is 0 Å². The Hall–Kier alpha value is -0.830. The highest BCUT2D eigenvalue weighted by atomic mass is 16.1. The van der Waals surface area contributed by atoms with Gasteiger partial charge in [0.25, 0.3) is 0 Å². The Morgan fingerprint density at radius 3 is 1.69 bits per heavy atom. The van der Waals surface area contributed by atoms with E-state index in [1.54, 1.807) is 6.92 Å². The van der Waals surface area contributed by atoms with Crippen LogP contribution in [0.4, 0.5) is 0 Å². The van der Waals surface area contributed by atoms with Gasteiger partial charge in [-0.25, -0.2) is 0 Å². The van der Waals surface area contributed by atoms with Crippen LogP contribution in [0.2, 0.25) is 0 Å². The van der Waals surface area contributed by atoms with Gasteiger partial charge in [-0.3, -0.25) is 4.79 Å². The minimum absolute atomic E-state index is 0.0625. The smallest absolute Gasteiger partial charge is 0.246 e. The molecule has 0 aromatic carbocycles. The number of carbonyl (C=O) groups is 1. The van der Waals surface area contributed by atoms with Crippen LogP contribution >= 0.6 is 0 Å². The number of hydrogen-bond donors (Lipinski definition) is 2. The summed E-state index contributed by atoms with van der Waals surface area (Å²) in [6.07, 6.45) is 0. The highest BCUT2D eigenvalue weighted by molar-refractivity contribution is 5.91. The van der Waals surface area contributed by atoms with E-state index in [4.69, 9.17) is 0 Å². The van der Waals surface area contributed by atoms with Crippen LogP contribution in [0.25, 0.3) is 0 Å². The topological polar surface area (TPSA) is 41.1 Å². The van der Waals surface area contributed by atoms with Crippen molar-refractivity contribution < 1.29 is 4.79 Å². The van der Waals surface area contributed by atoms with Crippen LogP contribution < -0.4 is 10.6 Å². The van der Waals surface area contributed by atoms with Gasteiger partial charge in [-0.2, -0.15) is 0 Å². The van der Waals surface area contributed by atoms with Gasteiger partial charge in [-0.15, -0.1) is 0 Å². The van der Waals surface area contributed by atoms with Gasteiger partial charge >= 0.3 is 0 Å². The molecule has 1 amide bonds. The van der Waals surface area contributed by atoms with Gasteiger partial charge < -0.3 is 10.6 Å². The number of hydrogen-bond acceptors (Lipinski definition) is 2. The van der Waals surface area contributed by atoms with Crippen molar-refractivity contribution in [3.05, 3.63) is 12.2 Å². The Balaban J connectivity index is 0. The Labute approximate surface area is 81.6 Å². The zero-order valence-corrected chi connectivity index (χ0v) is 9.24. The molecular weight excluding hydrogens is 164 g/mol. The summed E-state index contributed by atoms with van der Waals surface area (Å²) in [5.74, 6) is -0.0625. The maximum absolute atomic E-state index is 10.5. The van der Waals surface area contributed by atoms with E-state index in [2.05, 4.69) is 31.1 Å². The number of nitrogens with one attached hydrogen (secondary N) is 2. The van der Waals surface area contributed by atoms with E-state index < -0.39 is 0 Å². The molecule has 0 saturated carbocycles. The largest absolute Gasteiger partial charge is 0.353 e. The van der Waals surface area contributed by atoms with Crippen molar-refractivity contribution in [2.75, 3.05) is 19.6 Å². The van der Waals surface area contributed by atoms with Crippen molar-refractivity contribution >= 4 is 5.91 Å². The van der Waals surface area contributed by atoms with Crippen LogP contribution in [-0.4, -0.2) is 25.5 Å². The van der Waals surface area contributed by atoms with Crippen molar-refractivity contribution in [2.45, 2.75) is 27.7 Å². The normalized spacial score (nSPS) is 8.31. The van der Waals surface area contributed by atoms with Crippen LogP contribution in [0.3, 0.4) is 0 Å². The summed E-state index contributed by atoms with van der Waals surface area (Å²) in [4.78, 5) is 10.5. The molecule has 3 heteroatoms. The third-order valence-corrected chi connectivity index (χ3v) is 1.22. The zero-order valence-electron chi connectivity index (χ0n) is 9.24. The highest BCUT2D eigenvalue weighted by Gasteiger charge is 1.95. The van der Waals surface area contributed by atoms with Crippen molar-refractivity contribution in [1.29, 1.82) is 0 Å². The van der Waals surface area contributed by atoms with Gasteiger partial charge in [0, 0.05) is 12.1 Å². The first-order valence-electron chi connectivity index (χ1n) is 4.74. The van der Waals surface area contributed by atoms with Gasteiger partial charge in [0.15, 0.2) is 0 Å². The summed E-state index contributed by atoms with van der Waals surface area (Å²) in [7, 11) is 0. The summed E-state index contributed by atoms with van der Waals surface area (Å²) >= 11 is 0. The summed E-state index contributed by atoms with van der Waals surface area (Å²) in [5.41, 5.74) is 0.562. The number of amides is 1. The lowest BCUT2D eigenvalue weighted by molar-refractivity contribution is -0.117. The van der Waals surface area contributed by atoms with Crippen LogP contribution in [0.5, 0.6) is 0 Å². The van der Waals surface area contributed by atoms with Gasteiger partial charge in [-0.1, -0.05) is 20.4 Å². The lowest BCUT2D eigenvalue weighted by Crippen LogP contribution is -2.22. The first kappa shape index (κ1) is 14.7. The fourth-order valence-electron chi connectivity index (χ4n) is 0.561. The predicted molar refractivity (Wildman–Crippen MR) is 57.7 cm³/mol. The van der Waals surface area contributed by atoms with E-state index >= 15 is 0 Å². The van der Waals surface area contributed by atoms with Crippen LogP contribution in [0.1, 0.15) is 27.7 Å². The predicted octanol–water partition coefficient (Wildman–Crippen LogP) is 1.31. The molecule has 13 heavy (non-hydrogen) atoms.